The molecule has 18 heavy (non-hydrogen) atoms. The van der Waals surface area contributed by atoms with E-state index < -0.39 is 0 Å². The predicted molar refractivity (Wildman–Crippen MR) is 79.8 cm³/mol. The van der Waals surface area contributed by atoms with Gasteiger partial charge in [0.25, 0.3) is 0 Å². The van der Waals surface area contributed by atoms with Crippen LogP contribution in [-0.2, 0) is 0 Å². The number of aliphatic hydroxyl groups is 1. The van der Waals surface area contributed by atoms with Crippen LogP contribution in [0.5, 0.6) is 0 Å². The fourth-order valence-electron chi connectivity index (χ4n) is 3.26. The highest BCUT2D eigenvalue weighted by Gasteiger charge is 2.18. The zero-order valence-corrected chi connectivity index (χ0v) is 12.5. The second-order valence-corrected chi connectivity index (χ2v) is 6.30. The fraction of sp³-hybridized carbons (Fsp3) is 1.00. The highest BCUT2D eigenvalue weighted by molar-refractivity contribution is 4.71. The monoisotopic (exact) mass is 254 g/mol. The molecule has 0 radical (unpaired) electrons. The van der Waals surface area contributed by atoms with Crippen LogP contribution in [0, 0.1) is 5.92 Å². The first-order valence-corrected chi connectivity index (χ1v) is 8.51. The normalized spacial score (nSPS) is 18.3. The summed E-state index contributed by atoms with van der Waals surface area (Å²) in [7, 11) is 0. The maximum Gasteiger partial charge on any atom is 0.0542 e. The Balaban J connectivity index is 1.81. The van der Waals surface area contributed by atoms with E-state index >= 15 is 0 Å². The van der Waals surface area contributed by atoms with Gasteiger partial charge in [-0.25, -0.2) is 0 Å². The van der Waals surface area contributed by atoms with Crippen molar-refractivity contribution >= 4 is 0 Å². The summed E-state index contributed by atoms with van der Waals surface area (Å²) >= 11 is 0. The third-order valence-electron chi connectivity index (χ3n) is 4.47. The summed E-state index contributed by atoms with van der Waals surface area (Å²) in [6.07, 6.45) is 18.6. The molecular formula is C17H34O. The van der Waals surface area contributed by atoms with Crippen molar-refractivity contribution in [2.75, 3.05) is 0 Å². The first-order valence-electron chi connectivity index (χ1n) is 8.51. The van der Waals surface area contributed by atoms with Gasteiger partial charge in [0.15, 0.2) is 0 Å². The molecule has 0 aromatic rings. The number of aliphatic hydroxyl groups excluding tert-OH is 1. The van der Waals surface area contributed by atoms with Crippen LogP contribution in [0.4, 0.5) is 0 Å². The topological polar surface area (TPSA) is 20.2 Å². The summed E-state index contributed by atoms with van der Waals surface area (Å²) in [5.74, 6) is 0.842. The Bertz CT molecular complexity index is 172. The maximum absolute atomic E-state index is 9.98. The van der Waals surface area contributed by atoms with Crippen LogP contribution < -0.4 is 0 Å². The molecule has 1 aliphatic rings. The van der Waals surface area contributed by atoms with Crippen molar-refractivity contribution in [2.24, 2.45) is 5.92 Å². The fourth-order valence-corrected chi connectivity index (χ4v) is 3.26. The minimum Gasteiger partial charge on any atom is -0.393 e. The van der Waals surface area contributed by atoms with E-state index in [0.29, 0.717) is 0 Å². The summed E-state index contributed by atoms with van der Waals surface area (Å²) in [4.78, 5) is 0. The number of hydrogen-bond acceptors (Lipinski definition) is 1. The molecule has 1 N–H and O–H groups in total. The second kappa shape index (κ2) is 10.8. The lowest BCUT2D eigenvalue weighted by atomic mass is 9.96. The van der Waals surface area contributed by atoms with Gasteiger partial charge in [-0.15, -0.1) is 0 Å². The van der Waals surface area contributed by atoms with Crippen LogP contribution in [0.25, 0.3) is 0 Å². The molecule has 1 atom stereocenters. The van der Waals surface area contributed by atoms with Crippen LogP contribution in [0.2, 0.25) is 0 Å². The maximum atomic E-state index is 9.98. The third kappa shape index (κ3) is 8.13. The van der Waals surface area contributed by atoms with Crippen molar-refractivity contribution in [1.82, 2.24) is 0 Å². The Morgan fingerprint density at radius 3 is 2.06 bits per heavy atom. The largest absolute Gasteiger partial charge is 0.393 e. The molecule has 0 aromatic carbocycles. The molecular weight excluding hydrogens is 220 g/mol. The summed E-state index contributed by atoms with van der Waals surface area (Å²) in [5, 5.41) is 9.98. The first-order chi connectivity index (χ1) is 8.83. The van der Waals surface area contributed by atoms with Crippen LogP contribution >= 0.6 is 0 Å². The second-order valence-electron chi connectivity index (χ2n) is 6.30. The molecule has 1 fully saturated rings. The van der Waals surface area contributed by atoms with Gasteiger partial charge >= 0.3 is 0 Å². The smallest absolute Gasteiger partial charge is 0.0542 e. The van der Waals surface area contributed by atoms with Gasteiger partial charge in [-0.2, -0.15) is 0 Å². The molecule has 0 spiro atoms. The number of unbranched alkanes of at least 4 members (excludes halogenated alkanes) is 7. The Morgan fingerprint density at radius 1 is 0.889 bits per heavy atom. The van der Waals surface area contributed by atoms with Crippen LogP contribution in [0.15, 0.2) is 0 Å². The standard InChI is InChI=1S/C17H34O/c1-2-3-4-5-6-7-8-9-14-17(18)15-16-12-10-11-13-16/h16-18H,2-15H2,1H3. The summed E-state index contributed by atoms with van der Waals surface area (Å²) in [5.41, 5.74) is 0. The van der Waals surface area contributed by atoms with Gasteiger partial charge in [-0.05, 0) is 18.8 Å². The van der Waals surface area contributed by atoms with Gasteiger partial charge in [0.1, 0.15) is 0 Å². The Labute approximate surface area is 114 Å². The van der Waals surface area contributed by atoms with Crippen LogP contribution in [0.1, 0.15) is 96.8 Å². The van der Waals surface area contributed by atoms with Crippen LogP contribution in [-0.4, -0.2) is 11.2 Å². The van der Waals surface area contributed by atoms with E-state index in [1.807, 2.05) is 0 Å². The van der Waals surface area contributed by atoms with Crippen molar-refractivity contribution in [2.45, 2.75) is 103 Å². The van der Waals surface area contributed by atoms with Crippen molar-refractivity contribution in [1.29, 1.82) is 0 Å². The molecule has 0 heterocycles. The summed E-state index contributed by atoms with van der Waals surface area (Å²) in [6.45, 7) is 2.27. The Kier molecular flexibility index (Phi) is 9.65. The van der Waals surface area contributed by atoms with Gasteiger partial charge in [0, 0.05) is 0 Å². The molecule has 1 nitrogen and oxygen atoms in total. The molecule has 0 aromatic heterocycles. The van der Waals surface area contributed by atoms with Crippen molar-refractivity contribution in [3.8, 4) is 0 Å². The van der Waals surface area contributed by atoms with E-state index in [1.165, 1.54) is 77.0 Å². The van der Waals surface area contributed by atoms with Gasteiger partial charge in [0.2, 0.25) is 0 Å². The molecule has 1 heteroatoms. The zero-order chi connectivity index (χ0) is 13.1. The van der Waals surface area contributed by atoms with E-state index in [0.717, 1.165) is 18.8 Å². The van der Waals surface area contributed by atoms with Gasteiger partial charge in [-0.1, -0.05) is 84.0 Å². The van der Waals surface area contributed by atoms with E-state index in [9.17, 15) is 5.11 Å². The lowest BCUT2D eigenvalue weighted by molar-refractivity contribution is 0.130. The molecule has 1 saturated carbocycles. The average Bonchev–Trinajstić information content (AvgIpc) is 2.85. The molecule has 1 rings (SSSR count). The quantitative estimate of drug-likeness (QED) is 0.485. The molecule has 108 valence electrons. The molecule has 0 amide bonds. The lowest BCUT2D eigenvalue weighted by Gasteiger charge is -2.15. The molecule has 1 aliphatic carbocycles. The highest BCUT2D eigenvalue weighted by Crippen LogP contribution is 2.29. The van der Waals surface area contributed by atoms with Crippen molar-refractivity contribution < 1.29 is 5.11 Å². The third-order valence-corrected chi connectivity index (χ3v) is 4.47. The minimum absolute atomic E-state index is 0.00630. The predicted octanol–water partition coefficient (Wildman–Crippen LogP) is 5.46. The van der Waals surface area contributed by atoms with E-state index in [1.54, 1.807) is 0 Å². The first kappa shape index (κ1) is 16.0. The van der Waals surface area contributed by atoms with Crippen molar-refractivity contribution in [3.05, 3.63) is 0 Å². The molecule has 0 bridgehead atoms. The van der Waals surface area contributed by atoms with Gasteiger partial charge in [-0.3, -0.25) is 0 Å². The van der Waals surface area contributed by atoms with Crippen LogP contribution in [0.3, 0.4) is 0 Å². The Hall–Kier alpha value is -0.0400. The highest BCUT2D eigenvalue weighted by atomic mass is 16.3. The van der Waals surface area contributed by atoms with Crippen molar-refractivity contribution in [3.63, 3.8) is 0 Å². The SMILES string of the molecule is CCCCCCCCCCC(O)CC1CCCC1. The molecule has 0 saturated heterocycles. The van der Waals surface area contributed by atoms with Gasteiger partial charge < -0.3 is 5.11 Å². The van der Waals surface area contributed by atoms with E-state index in [2.05, 4.69) is 6.92 Å². The Morgan fingerprint density at radius 2 is 1.44 bits per heavy atom. The summed E-state index contributed by atoms with van der Waals surface area (Å²) < 4.78 is 0. The van der Waals surface area contributed by atoms with Gasteiger partial charge in [0.05, 0.1) is 6.10 Å². The minimum atomic E-state index is -0.00630. The summed E-state index contributed by atoms with van der Waals surface area (Å²) in [6, 6.07) is 0. The van der Waals surface area contributed by atoms with E-state index in [4.69, 9.17) is 0 Å². The average molecular weight is 254 g/mol. The zero-order valence-electron chi connectivity index (χ0n) is 12.5. The number of hydrogen-bond donors (Lipinski definition) is 1. The molecule has 0 aliphatic heterocycles. The molecule has 1 unspecified atom stereocenters. The number of rotatable bonds is 11. The van der Waals surface area contributed by atoms with E-state index in [-0.39, 0.29) is 6.10 Å². The lowest BCUT2D eigenvalue weighted by Crippen LogP contribution is -2.11.